The van der Waals surface area contributed by atoms with Crippen molar-refractivity contribution in [2.24, 2.45) is 0 Å². The highest BCUT2D eigenvalue weighted by Gasteiger charge is 2.20. The van der Waals surface area contributed by atoms with Crippen molar-refractivity contribution in [1.82, 2.24) is 9.29 Å². The quantitative estimate of drug-likeness (QED) is 0.689. The molecule has 144 valence electrons. The summed E-state index contributed by atoms with van der Waals surface area (Å²) in [7, 11) is -3.70. The lowest BCUT2D eigenvalue weighted by Gasteiger charge is -2.16. The zero-order valence-electron chi connectivity index (χ0n) is 16.1. The molecule has 27 heavy (non-hydrogen) atoms. The van der Waals surface area contributed by atoms with Crippen molar-refractivity contribution in [3.63, 3.8) is 0 Å². The van der Waals surface area contributed by atoms with Crippen LogP contribution in [0.2, 0.25) is 0 Å². The van der Waals surface area contributed by atoms with Crippen LogP contribution in [0.4, 0.5) is 0 Å². The summed E-state index contributed by atoms with van der Waals surface area (Å²) in [6, 6.07) is 10.4. The Morgan fingerprint density at radius 1 is 1.00 bits per heavy atom. The number of nitrogens with one attached hydrogen (secondary N) is 1. The first-order valence-electron chi connectivity index (χ1n) is 8.84. The van der Waals surface area contributed by atoms with Gasteiger partial charge in [0.25, 0.3) is 0 Å². The van der Waals surface area contributed by atoms with Crippen LogP contribution in [0.25, 0.3) is 10.2 Å². The van der Waals surface area contributed by atoms with Crippen LogP contribution in [0.15, 0.2) is 46.1 Å². The molecule has 0 amide bonds. The molecule has 5 nitrogen and oxygen atoms in total. The molecule has 1 aromatic heterocycles. The Balaban J connectivity index is 1.94. The second-order valence-corrected chi connectivity index (χ2v) is 9.86. The molecule has 0 aliphatic carbocycles. The van der Waals surface area contributed by atoms with E-state index in [9.17, 15) is 13.2 Å². The van der Waals surface area contributed by atoms with Crippen LogP contribution in [0, 0.1) is 13.8 Å². The van der Waals surface area contributed by atoms with Gasteiger partial charge in [-0.25, -0.2) is 13.1 Å². The minimum Gasteiger partial charge on any atom is -0.296 e. The summed E-state index contributed by atoms with van der Waals surface area (Å²) in [6.45, 7) is 9.73. The van der Waals surface area contributed by atoms with Crippen LogP contribution in [0.1, 0.15) is 49.5 Å². The van der Waals surface area contributed by atoms with Crippen LogP contribution in [0.3, 0.4) is 0 Å². The first-order valence-corrected chi connectivity index (χ1v) is 11.1. The third-order valence-corrected chi connectivity index (χ3v) is 7.23. The van der Waals surface area contributed by atoms with Crippen molar-refractivity contribution < 1.29 is 8.42 Å². The number of thiazole rings is 1. The highest BCUT2D eigenvalue weighted by atomic mass is 32.2. The number of hydrogen-bond acceptors (Lipinski definition) is 4. The van der Waals surface area contributed by atoms with Crippen molar-refractivity contribution in [3.05, 3.63) is 62.8 Å². The molecule has 0 saturated carbocycles. The van der Waals surface area contributed by atoms with Gasteiger partial charge in [0.05, 0.1) is 15.1 Å². The van der Waals surface area contributed by atoms with Crippen molar-refractivity contribution in [1.29, 1.82) is 0 Å². The molecule has 2 aromatic carbocycles. The highest BCUT2D eigenvalue weighted by Crippen LogP contribution is 2.25. The summed E-state index contributed by atoms with van der Waals surface area (Å²) in [5.41, 5.74) is 3.98. The number of benzene rings is 2. The summed E-state index contributed by atoms with van der Waals surface area (Å²) in [6.07, 6.45) is 0. The smallest absolute Gasteiger partial charge is 0.296 e. The lowest BCUT2D eigenvalue weighted by molar-refractivity contribution is 0.567. The SMILES string of the molecule is Cc1ccc([C@@H](C)NS(=O)(=O)c2ccc3c(c2)sc(=O)n3C(C)C)cc1C. The first kappa shape index (κ1) is 19.8. The molecule has 3 aromatic rings. The zero-order chi connectivity index (χ0) is 19.9. The largest absolute Gasteiger partial charge is 0.308 e. The van der Waals surface area contributed by atoms with Crippen molar-refractivity contribution in [2.75, 3.05) is 0 Å². The standard InChI is InChI=1S/C20H24N2O3S2/c1-12(2)22-18-9-8-17(11-19(18)26-20(22)23)27(24,25)21-15(5)16-7-6-13(3)14(4)10-16/h6-12,15,21H,1-5H3/t15-/m1/s1. The van der Waals surface area contributed by atoms with Gasteiger partial charge in [0.15, 0.2) is 0 Å². The van der Waals surface area contributed by atoms with Gasteiger partial charge in [-0.3, -0.25) is 9.36 Å². The number of aryl methyl sites for hydroxylation is 2. The van der Waals surface area contributed by atoms with E-state index in [-0.39, 0.29) is 21.9 Å². The third-order valence-electron chi connectivity index (χ3n) is 4.77. The summed E-state index contributed by atoms with van der Waals surface area (Å²) in [4.78, 5) is 12.3. The van der Waals surface area contributed by atoms with Gasteiger partial charge in [0.2, 0.25) is 10.0 Å². The van der Waals surface area contributed by atoms with Gasteiger partial charge >= 0.3 is 4.87 Å². The van der Waals surface area contributed by atoms with Gasteiger partial charge in [-0.05, 0) is 69.5 Å². The Morgan fingerprint density at radius 3 is 2.33 bits per heavy atom. The number of hydrogen-bond donors (Lipinski definition) is 1. The van der Waals surface area contributed by atoms with Gasteiger partial charge < -0.3 is 0 Å². The zero-order valence-corrected chi connectivity index (χ0v) is 17.7. The maximum absolute atomic E-state index is 12.8. The molecule has 1 N–H and O–H groups in total. The Morgan fingerprint density at radius 2 is 1.70 bits per heavy atom. The molecule has 0 saturated heterocycles. The van der Waals surface area contributed by atoms with E-state index in [1.54, 1.807) is 22.8 Å². The van der Waals surface area contributed by atoms with Crippen LogP contribution in [0.5, 0.6) is 0 Å². The van der Waals surface area contributed by atoms with E-state index in [1.165, 1.54) is 5.56 Å². The molecular formula is C20H24N2O3S2. The van der Waals surface area contributed by atoms with Crippen molar-refractivity contribution in [3.8, 4) is 0 Å². The third kappa shape index (κ3) is 3.85. The summed E-state index contributed by atoms with van der Waals surface area (Å²) in [5.74, 6) is 0. The number of fused-ring (bicyclic) bond motifs is 1. The molecular weight excluding hydrogens is 380 g/mol. The molecule has 1 atom stereocenters. The summed E-state index contributed by atoms with van der Waals surface area (Å²) < 4.78 is 30.8. The van der Waals surface area contributed by atoms with E-state index < -0.39 is 10.0 Å². The Labute approximate surface area is 163 Å². The van der Waals surface area contributed by atoms with Crippen molar-refractivity contribution >= 4 is 31.6 Å². The second kappa shape index (κ2) is 7.22. The Bertz CT molecular complexity index is 1160. The fourth-order valence-corrected chi connectivity index (χ4v) is 5.46. The Hall–Kier alpha value is -1.96. The predicted molar refractivity (Wildman–Crippen MR) is 111 cm³/mol. The van der Waals surface area contributed by atoms with Gasteiger partial charge in [-0.1, -0.05) is 29.5 Å². The lowest BCUT2D eigenvalue weighted by Crippen LogP contribution is -2.27. The molecule has 3 rings (SSSR count). The fraction of sp³-hybridized carbons (Fsp3) is 0.350. The maximum atomic E-state index is 12.8. The number of sulfonamides is 1. The minimum absolute atomic E-state index is 0.0247. The molecule has 0 fully saturated rings. The van der Waals surface area contributed by atoms with E-state index in [4.69, 9.17) is 0 Å². The first-order chi connectivity index (χ1) is 12.6. The van der Waals surface area contributed by atoms with Gasteiger partial charge in [-0.15, -0.1) is 0 Å². The predicted octanol–water partition coefficient (Wildman–Crippen LogP) is 4.30. The average molecular weight is 405 g/mol. The number of rotatable bonds is 5. The second-order valence-electron chi connectivity index (χ2n) is 7.15. The van der Waals surface area contributed by atoms with E-state index in [1.807, 2.05) is 52.8 Å². The normalized spacial score (nSPS) is 13.4. The van der Waals surface area contributed by atoms with Crippen LogP contribution in [-0.4, -0.2) is 13.0 Å². The highest BCUT2D eigenvalue weighted by molar-refractivity contribution is 7.89. The van der Waals surface area contributed by atoms with Gasteiger partial charge in [0.1, 0.15) is 0 Å². The molecule has 0 radical (unpaired) electrons. The molecule has 0 bridgehead atoms. The van der Waals surface area contributed by atoms with Crippen LogP contribution in [-0.2, 0) is 10.0 Å². The minimum atomic E-state index is -3.70. The van der Waals surface area contributed by atoms with E-state index >= 15 is 0 Å². The lowest BCUT2D eigenvalue weighted by atomic mass is 10.0. The Kier molecular flexibility index (Phi) is 5.29. The topological polar surface area (TPSA) is 68.2 Å². The van der Waals surface area contributed by atoms with E-state index in [0.717, 1.165) is 28.0 Å². The molecule has 0 aliphatic rings. The fourth-order valence-electron chi connectivity index (χ4n) is 3.08. The van der Waals surface area contributed by atoms with Crippen molar-refractivity contribution in [2.45, 2.75) is 51.6 Å². The molecule has 0 unspecified atom stereocenters. The average Bonchev–Trinajstić information content (AvgIpc) is 2.91. The van der Waals surface area contributed by atoms with Gasteiger partial charge in [0, 0.05) is 12.1 Å². The molecule has 0 aliphatic heterocycles. The van der Waals surface area contributed by atoms with Crippen LogP contribution < -0.4 is 9.60 Å². The van der Waals surface area contributed by atoms with Crippen LogP contribution >= 0.6 is 11.3 Å². The van der Waals surface area contributed by atoms with E-state index in [2.05, 4.69) is 4.72 Å². The maximum Gasteiger partial charge on any atom is 0.308 e. The number of aromatic nitrogens is 1. The molecule has 0 spiro atoms. The molecule has 1 heterocycles. The monoisotopic (exact) mass is 404 g/mol. The summed E-state index contributed by atoms with van der Waals surface area (Å²) >= 11 is 1.07. The van der Waals surface area contributed by atoms with Gasteiger partial charge in [-0.2, -0.15) is 0 Å². The summed E-state index contributed by atoms with van der Waals surface area (Å²) in [5, 5.41) is 0. The molecule has 7 heteroatoms. The van der Waals surface area contributed by atoms with E-state index in [0.29, 0.717) is 4.70 Å². The number of nitrogens with zero attached hydrogens (tertiary/aromatic N) is 1.